The van der Waals surface area contributed by atoms with Crippen molar-refractivity contribution in [2.75, 3.05) is 11.2 Å². The second-order valence-corrected chi connectivity index (χ2v) is 7.02. The minimum atomic E-state index is -0.341. The minimum absolute atomic E-state index is 0.304. The quantitative estimate of drug-likeness (QED) is 0.433. The minimum Gasteiger partial charge on any atom is -0.393 e. The third kappa shape index (κ3) is 4.57. The molecule has 0 fully saturated rings. The van der Waals surface area contributed by atoms with Crippen molar-refractivity contribution < 1.29 is 4.79 Å². The van der Waals surface area contributed by atoms with Gasteiger partial charge in [0.15, 0.2) is 5.82 Å². The molecule has 0 aliphatic heterocycles. The van der Waals surface area contributed by atoms with Gasteiger partial charge in [-0.25, -0.2) is 9.97 Å². The predicted octanol–water partition coefficient (Wildman–Crippen LogP) is 4.27. The van der Waals surface area contributed by atoms with Gasteiger partial charge in [0, 0.05) is 20.5 Å². The van der Waals surface area contributed by atoms with Crippen LogP contribution in [-0.2, 0) is 0 Å². The molecule has 3 rings (SSSR count). The van der Waals surface area contributed by atoms with E-state index in [-0.39, 0.29) is 5.91 Å². The molecule has 1 amide bonds. The summed E-state index contributed by atoms with van der Waals surface area (Å²) in [5.41, 5.74) is 12.1. The molecular weight excluding hydrogens is 393 g/mol. The number of hydrogen-bond donors (Lipinski definition) is 3. The number of nitrogen functional groups attached to an aromatic ring is 1. The lowest BCUT2D eigenvalue weighted by Gasteiger charge is -2.12. The van der Waals surface area contributed by atoms with Crippen molar-refractivity contribution in [1.29, 1.82) is 0 Å². The molecule has 26 heavy (non-hydrogen) atoms. The number of nitrogens with zero attached hydrogens (tertiary/aromatic N) is 2. The predicted molar refractivity (Wildman–Crippen MR) is 105 cm³/mol. The van der Waals surface area contributed by atoms with E-state index in [2.05, 4.69) is 20.8 Å². The van der Waals surface area contributed by atoms with E-state index in [4.69, 9.17) is 28.9 Å². The van der Waals surface area contributed by atoms with Gasteiger partial charge in [-0.3, -0.25) is 15.6 Å². The molecule has 0 atom stereocenters. The Morgan fingerprint density at radius 2 is 1.58 bits per heavy atom. The lowest BCUT2D eigenvalue weighted by atomic mass is 10.2. The number of amides is 1. The van der Waals surface area contributed by atoms with E-state index >= 15 is 0 Å². The Hall–Kier alpha value is -2.48. The second kappa shape index (κ2) is 8.27. The highest BCUT2D eigenvalue weighted by Crippen LogP contribution is 2.33. The molecule has 9 heteroatoms. The van der Waals surface area contributed by atoms with Crippen LogP contribution in [0.1, 0.15) is 10.4 Å². The largest absolute Gasteiger partial charge is 0.393 e. The van der Waals surface area contributed by atoms with Gasteiger partial charge in [0.2, 0.25) is 0 Å². The number of rotatable bonds is 5. The van der Waals surface area contributed by atoms with Crippen LogP contribution in [0, 0.1) is 0 Å². The van der Waals surface area contributed by atoms with E-state index in [1.165, 1.54) is 18.1 Å². The van der Waals surface area contributed by atoms with Gasteiger partial charge >= 0.3 is 0 Å². The normalized spacial score (nSPS) is 10.4. The molecule has 0 aliphatic rings. The standard InChI is InChI=1S/C17H13Cl2N5OS/c18-11-3-1-10(2-4-11)16(25)24-23-15-14(20)17(22-9-21-15)26-13-7-5-12(19)6-8-13/h1-9H,20H2,(H,24,25)(H,21,22,23). The molecule has 0 saturated heterocycles. The number of halogens is 2. The highest BCUT2D eigenvalue weighted by atomic mass is 35.5. The average molecular weight is 406 g/mol. The van der Waals surface area contributed by atoms with Crippen LogP contribution in [0.5, 0.6) is 0 Å². The van der Waals surface area contributed by atoms with Gasteiger partial charge in [-0.2, -0.15) is 0 Å². The maximum absolute atomic E-state index is 12.1. The summed E-state index contributed by atoms with van der Waals surface area (Å²) < 4.78 is 0. The van der Waals surface area contributed by atoms with Crippen LogP contribution in [0.3, 0.4) is 0 Å². The highest BCUT2D eigenvalue weighted by molar-refractivity contribution is 7.99. The first-order valence-electron chi connectivity index (χ1n) is 7.39. The van der Waals surface area contributed by atoms with E-state index in [1.807, 2.05) is 12.1 Å². The molecule has 0 spiro atoms. The lowest BCUT2D eigenvalue weighted by molar-refractivity contribution is 0.0962. The van der Waals surface area contributed by atoms with Crippen molar-refractivity contribution in [1.82, 2.24) is 15.4 Å². The number of carbonyl (C=O) groups is 1. The Balaban J connectivity index is 1.69. The van der Waals surface area contributed by atoms with Gasteiger partial charge in [0.25, 0.3) is 5.91 Å². The number of aromatic nitrogens is 2. The summed E-state index contributed by atoms with van der Waals surface area (Å²) in [6.45, 7) is 0. The molecule has 1 heterocycles. The Labute approximate surface area is 164 Å². The van der Waals surface area contributed by atoms with E-state index in [9.17, 15) is 4.79 Å². The molecule has 0 unspecified atom stereocenters. The van der Waals surface area contributed by atoms with Crippen molar-refractivity contribution in [2.24, 2.45) is 0 Å². The number of nitrogens with one attached hydrogen (secondary N) is 2. The summed E-state index contributed by atoms with van der Waals surface area (Å²) in [6.07, 6.45) is 1.37. The zero-order valence-electron chi connectivity index (χ0n) is 13.2. The fraction of sp³-hybridized carbons (Fsp3) is 0. The van der Waals surface area contributed by atoms with Crippen molar-refractivity contribution in [2.45, 2.75) is 9.92 Å². The fourth-order valence-electron chi connectivity index (χ4n) is 1.96. The Morgan fingerprint density at radius 3 is 2.23 bits per heavy atom. The summed E-state index contributed by atoms with van der Waals surface area (Å²) in [7, 11) is 0. The number of anilines is 2. The number of hydrazine groups is 1. The average Bonchev–Trinajstić information content (AvgIpc) is 2.64. The molecule has 132 valence electrons. The summed E-state index contributed by atoms with van der Waals surface area (Å²) in [6, 6.07) is 13.8. The van der Waals surface area contributed by atoms with Gasteiger partial charge in [0.05, 0.1) is 0 Å². The van der Waals surface area contributed by atoms with E-state index < -0.39 is 0 Å². The van der Waals surface area contributed by atoms with Crippen LogP contribution in [0.25, 0.3) is 0 Å². The summed E-state index contributed by atoms with van der Waals surface area (Å²) >= 11 is 13.1. The molecule has 4 N–H and O–H groups in total. The zero-order valence-corrected chi connectivity index (χ0v) is 15.6. The van der Waals surface area contributed by atoms with Crippen molar-refractivity contribution in [3.05, 3.63) is 70.5 Å². The Kier molecular flexibility index (Phi) is 5.82. The molecule has 1 aromatic heterocycles. The Bertz CT molecular complexity index is 919. The van der Waals surface area contributed by atoms with Crippen molar-refractivity contribution in [3.8, 4) is 0 Å². The zero-order chi connectivity index (χ0) is 18.5. The van der Waals surface area contributed by atoms with Crippen LogP contribution < -0.4 is 16.6 Å². The highest BCUT2D eigenvalue weighted by Gasteiger charge is 2.11. The van der Waals surface area contributed by atoms with E-state index in [0.717, 1.165) is 4.90 Å². The number of hydrogen-bond acceptors (Lipinski definition) is 6. The van der Waals surface area contributed by atoms with Gasteiger partial charge in [0.1, 0.15) is 17.0 Å². The lowest BCUT2D eigenvalue weighted by Crippen LogP contribution is -2.30. The first-order chi connectivity index (χ1) is 12.5. The SMILES string of the molecule is Nc1c(NNC(=O)c2ccc(Cl)cc2)ncnc1Sc1ccc(Cl)cc1. The molecule has 3 aromatic rings. The molecule has 2 aromatic carbocycles. The number of carbonyl (C=O) groups excluding carboxylic acids is 1. The molecular formula is C17H13Cl2N5OS. The number of benzene rings is 2. The molecule has 6 nitrogen and oxygen atoms in total. The summed E-state index contributed by atoms with van der Waals surface area (Å²) in [5.74, 6) is -0.0367. The van der Waals surface area contributed by atoms with E-state index in [0.29, 0.717) is 32.1 Å². The van der Waals surface area contributed by atoms with Gasteiger partial charge in [-0.05, 0) is 48.5 Å². The smallest absolute Gasteiger partial charge is 0.269 e. The third-order valence-corrected chi connectivity index (χ3v) is 4.81. The molecule has 0 radical (unpaired) electrons. The first kappa shape index (κ1) is 18.3. The van der Waals surface area contributed by atoms with Gasteiger partial charge < -0.3 is 5.73 Å². The third-order valence-electron chi connectivity index (χ3n) is 3.28. The molecule has 0 saturated carbocycles. The monoisotopic (exact) mass is 405 g/mol. The maximum Gasteiger partial charge on any atom is 0.269 e. The van der Waals surface area contributed by atoms with Crippen LogP contribution in [0.4, 0.5) is 11.5 Å². The second-order valence-electron chi connectivity index (χ2n) is 5.08. The van der Waals surface area contributed by atoms with Gasteiger partial charge in [-0.1, -0.05) is 35.0 Å². The summed E-state index contributed by atoms with van der Waals surface area (Å²) in [4.78, 5) is 21.3. The Morgan fingerprint density at radius 1 is 0.962 bits per heavy atom. The van der Waals surface area contributed by atoms with Gasteiger partial charge in [-0.15, -0.1) is 0 Å². The molecule has 0 bridgehead atoms. The van der Waals surface area contributed by atoms with Crippen LogP contribution in [0.15, 0.2) is 64.8 Å². The number of nitrogens with two attached hydrogens (primary N) is 1. The maximum atomic E-state index is 12.1. The fourth-order valence-corrected chi connectivity index (χ4v) is 3.02. The first-order valence-corrected chi connectivity index (χ1v) is 8.96. The molecule has 0 aliphatic carbocycles. The van der Waals surface area contributed by atoms with Crippen LogP contribution in [-0.4, -0.2) is 15.9 Å². The van der Waals surface area contributed by atoms with Crippen molar-refractivity contribution >= 4 is 52.4 Å². The van der Waals surface area contributed by atoms with Crippen molar-refractivity contribution in [3.63, 3.8) is 0 Å². The topological polar surface area (TPSA) is 92.9 Å². The van der Waals surface area contributed by atoms with Crippen LogP contribution in [0.2, 0.25) is 10.0 Å². The summed E-state index contributed by atoms with van der Waals surface area (Å²) in [5, 5.41) is 1.77. The van der Waals surface area contributed by atoms with Crippen LogP contribution >= 0.6 is 35.0 Å². The van der Waals surface area contributed by atoms with E-state index in [1.54, 1.807) is 36.4 Å².